The standard InChI is InChI=1S/C11H12ClN3O4/c12-7-1-2-9(10(5-7)15(18)19)13-8-3-4-14(6-8)11(16)17/h1-2,5,8,13H,3-4,6H2,(H,16,17)/t8-/m1/s1. The summed E-state index contributed by atoms with van der Waals surface area (Å²) in [5.74, 6) is 0. The quantitative estimate of drug-likeness (QED) is 0.657. The minimum Gasteiger partial charge on any atom is -0.465 e. The van der Waals surface area contributed by atoms with Gasteiger partial charge in [-0.15, -0.1) is 0 Å². The molecule has 1 aliphatic rings. The van der Waals surface area contributed by atoms with Gasteiger partial charge in [0.05, 0.1) is 4.92 Å². The Morgan fingerprint density at radius 3 is 2.89 bits per heavy atom. The van der Waals surface area contributed by atoms with Gasteiger partial charge in [0.25, 0.3) is 5.69 Å². The zero-order valence-corrected chi connectivity index (χ0v) is 10.6. The fraction of sp³-hybridized carbons (Fsp3) is 0.364. The Morgan fingerprint density at radius 1 is 1.58 bits per heavy atom. The molecule has 1 aromatic carbocycles. The molecule has 0 saturated carbocycles. The molecular weight excluding hydrogens is 274 g/mol. The fourth-order valence-corrected chi connectivity index (χ4v) is 2.22. The average molecular weight is 286 g/mol. The third-order valence-electron chi connectivity index (χ3n) is 2.97. The van der Waals surface area contributed by atoms with Gasteiger partial charge < -0.3 is 15.3 Å². The van der Waals surface area contributed by atoms with Crippen LogP contribution in [0, 0.1) is 10.1 Å². The van der Waals surface area contributed by atoms with Gasteiger partial charge >= 0.3 is 6.09 Å². The number of carbonyl (C=O) groups is 1. The zero-order valence-electron chi connectivity index (χ0n) is 9.88. The van der Waals surface area contributed by atoms with Crippen molar-refractivity contribution < 1.29 is 14.8 Å². The Hall–Kier alpha value is -2.02. The van der Waals surface area contributed by atoms with Crippen molar-refractivity contribution >= 4 is 29.1 Å². The zero-order chi connectivity index (χ0) is 14.0. The van der Waals surface area contributed by atoms with Crippen molar-refractivity contribution in [2.24, 2.45) is 0 Å². The van der Waals surface area contributed by atoms with Crippen LogP contribution in [-0.2, 0) is 0 Å². The van der Waals surface area contributed by atoms with E-state index in [1.54, 1.807) is 6.07 Å². The summed E-state index contributed by atoms with van der Waals surface area (Å²) in [4.78, 5) is 22.5. The molecule has 0 unspecified atom stereocenters. The van der Waals surface area contributed by atoms with E-state index in [9.17, 15) is 14.9 Å². The van der Waals surface area contributed by atoms with E-state index in [1.165, 1.54) is 17.0 Å². The maximum atomic E-state index is 10.9. The van der Waals surface area contributed by atoms with E-state index in [0.29, 0.717) is 25.2 Å². The van der Waals surface area contributed by atoms with Crippen molar-refractivity contribution in [3.8, 4) is 0 Å². The predicted molar refractivity (Wildman–Crippen MR) is 69.7 cm³/mol. The molecule has 1 saturated heterocycles. The molecule has 0 aromatic heterocycles. The first-order chi connectivity index (χ1) is 8.97. The lowest BCUT2D eigenvalue weighted by atomic mass is 10.2. The summed E-state index contributed by atoms with van der Waals surface area (Å²) in [5.41, 5.74) is 0.243. The summed E-state index contributed by atoms with van der Waals surface area (Å²) in [7, 11) is 0. The normalized spacial score (nSPS) is 18.4. The average Bonchev–Trinajstić information content (AvgIpc) is 2.80. The van der Waals surface area contributed by atoms with Crippen LogP contribution in [0.5, 0.6) is 0 Å². The van der Waals surface area contributed by atoms with Gasteiger partial charge in [-0.3, -0.25) is 10.1 Å². The molecule has 2 N–H and O–H groups in total. The molecule has 1 amide bonds. The molecule has 0 bridgehead atoms. The molecule has 1 aliphatic heterocycles. The highest BCUT2D eigenvalue weighted by Crippen LogP contribution is 2.29. The monoisotopic (exact) mass is 285 g/mol. The number of rotatable bonds is 3. The lowest BCUT2D eigenvalue weighted by Crippen LogP contribution is -2.30. The molecule has 1 heterocycles. The molecule has 8 heteroatoms. The fourth-order valence-electron chi connectivity index (χ4n) is 2.05. The van der Waals surface area contributed by atoms with Gasteiger partial charge in [-0.05, 0) is 18.6 Å². The maximum Gasteiger partial charge on any atom is 0.407 e. The van der Waals surface area contributed by atoms with Gasteiger partial charge in [0.1, 0.15) is 5.69 Å². The van der Waals surface area contributed by atoms with Crippen LogP contribution in [0.4, 0.5) is 16.2 Å². The number of nitrogens with zero attached hydrogens (tertiary/aromatic N) is 2. The number of hydrogen-bond acceptors (Lipinski definition) is 4. The lowest BCUT2D eigenvalue weighted by molar-refractivity contribution is -0.384. The Kier molecular flexibility index (Phi) is 3.75. The maximum absolute atomic E-state index is 10.9. The molecular formula is C11H12ClN3O4. The largest absolute Gasteiger partial charge is 0.465 e. The van der Waals surface area contributed by atoms with Crippen LogP contribution in [0.3, 0.4) is 0 Å². The Morgan fingerprint density at radius 2 is 2.32 bits per heavy atom. The van der Waals surface area contributed by atoms with Gasteiger partial charge in [-0.25, -0.2) is 4.79 Å². The van der Waals surface area contributed by atoms with Crippen molar-refractivity contribution in [3.05, 3.63) is 33.3 Å². The van der Waals surface area contributed by atoms with Crippen LogP contribution in [0.15, 0.2) is 18.2 Å². The number of halogens is 1. The molecule has 1 aromatic rings. The number of nitrogens with one attached hydrogen (secondary N) is 1. The third-order valence-corrected chi connectivity index (χ3v) is 3.21. The second-order valence-corrected chi connectivity index (χ2v) is 4.71. The molecule has 102 valence electrons. The number of benzene rings is 1. The summed E-state index contributed by atoms with van der Waals surface area (Å²) < 4.78 is 0. The molecule has 7 nitrogen and oxygen atoms in total. The second kappa shape index (κ2) is 5.31. The summed E-state index contributed by atoms with van der Waals surface area (Å²) in [6.45, 7) is 0.740. The summed E-state index contributed by atoms with van der Waals surface area (Å²) >= 11 is 5.72. The smallest absolute Gasteiger partial charge is 0.407 e. The van der Waals surface area contributed by atoms with Gasteiger partial charge in [-0.2, -0.15) is 0 Å². The number of hydrogen-bond donors (Lipinski definition) is 2. The van der Waals surface area contributed by atoms with Crippen LogP contribution in [0.25, 0.3) is 0 Å². The van der Waals surface area contributed by atoms with E-state index < -0.39 is 11.0 Å². The van der Waals surface area contributed by atoms with Crippen LogP contribution < -0.4 is 5.32 Å². The number of nitro benzene ring substituents is 1. The van der Waals surface area contributed by atoms with E-state index in [2.05, 4.69) is 5.32 Å². The topological polar surface area (TPSA) is 95.7 Å². The highest BCUT2D eigenvalue weighted by atomic mass is 35.5. The molecule has 1 atom stereocenters. The van der Waals surface area contributed by atoms with Crippen LogP contribution >= 0.6 is 11.6 Å². The Labute approximate surface area is 113 Å². The van der Waals surface area contributed by atoms with Crippen molar-refractivity contribution in [1.82, 2.24) is 4.90 Å². The van der Waals surface area contributed by atoms with Gasteiger partial charge in [0, 0.05) is 30.2 Å². The van der Waals surface area contributed by atoms with Gasteiger partial charge in [-0.1, -0.05) is 11.6 Å². The number of likely N-dealkylation sites (tertiary alicyclic amines) is 1. The molecule has 0 radical (unpaired) electrons. The number of nitro groups is 1. The van der Waals surface area contributed by atoms with Crippen LogP contribution in [0.2, 0.25) is 5.02 Å². The van der Waals surface area contributed by atoms with E-state index in [0.717, 1.165) is 0 Å². The van der Waals surface area contributed by atoms with E-state index in [-0.39, 0.29) is 16.8 Å². The second-order valence-electron chi connectivity index (χ2n) is 4.28. The van der Waals surface area contributed by atoms with Crippen LogP contribution in [0.1, 0.15) is 6.42 Å². The molecule has 0 aliphatic carbocycles. The minimum absolute atomic E-state index is 0.110. The van der Waals surface area contributed by atoms with Crippen molar-refractivity contribution in [3.63, 3.8) is 0 Å². The van der Waals surface area contributed by atoms with Crippen molar-refractivity contribution in [2.45, 2.75) is 12.5 Å². The predicted octanol–water partition coefficient (Wildman–Crippen LogP) is 2.41. The number of anilines is 1. The first-order valence-electron chi connectivity index (χ1n) is 5.65. The first kappa shape index (κ1) is 13.4. The first-order valence-corrected chi connectivity index (χ1v) is 6.03. The summed E-state index contributed by atoms with van der Waals surface area (Å²) in [6, 6.07) is 4.23. The van der Waals surface area contributed by atoms with Crippen molar-refractivity contribution in [2.75, 3.05) is 18.4 Å². The molecule has 19 heavy (non-hydrogen) atoms. The molecule has 1 fully saturated rings. The highest BCUT2D eigenvalue weighted by molar-refractivity contribution is 6.30. The minimum atomic E-state index is -0.977. The Balaban J connectivity index is 2.12. The van der Waals surface area contributed by atoms with E-state index in [1.807, 2.05) is 0 Å². The van der Waals surface area contributed by atoms with Crippen LogP contribution in [-0.4, -0.2) is 40.2 Å². The van der Waals surface area contributed by atoms with E-state index >= 15 is 0 Å². The van der Waals surface area contributed by atoms with E-state index in [4.69, 9.17) is 16.7 Å². The lowest BCUT2D eigenvalue weighted by Gasteiger charge is -2.15. The Bertz CT molecular complexity index is 523. The molecule has 2 rings (SSSR count). The van der Waals surface area contributed by atoms with Gasteiger partial charge in [0.15, 0.2) is 0 Å². The number of amides is 1. The summed E-state index contributed by atoms with van der Waals surface area (Å²) in [6.07, 6.45) is -0.360. The molecule has 0 spiro atoms. The summed E-state index contributed by atoms with van der Waals surface area (Å²) in [5, 5.41) is 23.1. The van der Waals surface area contributed by atoms with Gasteiger partial charge in [0.2, 0.25) is 0 Å². The highest BCUT2D eigenvalue weighted by Gasteiger charge is 2.27. The van der Waals surface area contributed by atoms with Crippen molar-refractivity contribution in [1.29, 1.82) is 0 Å². The SMILES string of the molecule is O=C(O)N1CC[C@@H](Nc2ccc(Cl)cc2[N+](=O)[O-])C1. The third kappa shape index (κ3) is 3.05. The number of carboxylic acid groups (broad SMARTS) is 1.